The first-order valence-electron chi connectivity index (χ1n) is 10.5. The third kappa shape index (κ3) is 3.67. The number of rotatable bonds is 2. The summed E-state index contributed by atoms with van der Waals surface area (Å²) in [5.74, 6) is 1.08. The summed E-state index contributed by atoms with van der Waals surface area (Å²) in [5.41, 5.74) is 5.00. The molecule has 1 saturated heterocycles. The Labute approximate surface area is 168 Å². The molecule has 4 rings (SSSR count). The lowest BCUT2D eigenvalue weighted by molar-refractivity contribution is 0.0217. The van der Waals surface area contributed by atoms with Crippen molar-refractivity contribution in [3.63, 3.8) is 0 Å². The summed E-state index contributed by atoms with van der Waals surface area (Å²) in [5, 5.41) is 0. The number of benzene rings is 2. The number of carbonyl (C=O) groups excluding carboxylic acids is 1. The van der Waals surface area contributed by atoms with Gasteiger partial charge in [-0.2, -0.15) is 0 Å². The van der Waals surface area contributed by atoms with E-state index in [1.54, 1.807) is 0 Å². The van der Waals surface area contributed by atoms with Crippen molar-refractivity contribution in [3.05, 3.63) is 59.7 Å². The minimum Gasteiger partial charge on any atom is -0.444 e. The van der Waals surface area contributed by atoms with Crippen LogP contribution in [0.15, 0.2) is 48.5 Å². The first kappa shape index (κ1) is 19.0. The Morgan fingerprint density at radius 2 is 1.79 bits per heavy atom. The van der Waals surface area contributed by atoms with Crippen LogP contribution in [-0.4, -0.2) is 29.2 Å². The first-order valence-corrected chi connectivity index (χ1v) is 10.5. The maximum atomic E-state index is 12.7. The number of fused-ring (bicyclic) bond motifs is 1. The quantitative estimate of drug-likeness (QED) is 0.627. The number of ether oxygens (including phenoxy) is 1. The fourth-order valence-electron chi connectivity index (χ4n) is 5.14. The molecule has 0 spiro atoms. The molecule has 3 nitrogen and oxygen atoms in total. The number of hydrogen-bond acceptors (Lipinski definition) is 2. The van der Waals surface area contributed by atoms with E-state index in [0.717, 1.165) is 25.8 Å². The van der Waals surface area contributed by atoms with E-state index in [1.807, 2.05) is 25.7 Å². The Morgan fingerprint density at radius 3 is 2.50 bits per heavy atom. The maximum Gasteiger partial charge on any atom is 0.410 e. The SMILES string of the molecule is Cc1cccc(-c2ccccc2)c1[C@@H]1C[C@@H]2CCN(C(=O)OC(C)(C)C)[C@H]2C1. The van der Waals surface area contributed by atoms with E-state index >= 15 is 0 Å². The van der Waals surface area contributed by atoms with Gasteiger partial charge < -0.3 is 9.64 Å². The Hall–Kier alpha value is -2.29. The Morgan fingerprint density at radius 1 is 1.04 bits per heavy atom. The van der Waals surface area contributed by atoms with Gasteiger partial charge in [-0.15, -0.1) is 0 Å². The molecule has 1 aliphatic carbocycles. The number of nitrogens with zero attached hydrogens (tertiary/aromatic N) is 1. The van der Waals surface area contributed by atoms with Crippen LogP contribution in [0.4, 0.5) is 4.79 Å². The van der Waals surface area contributed by atoms with Crippen molar-refractivity contribution in [1.29, 1.82) is 0 Å². The molecule has 1 amide bonds. The molecule has 1 aliphatic heterocycles. The molecule has 2 fully saturated rings. The average molecular weight is 378 g/mol. The largest absolute Gasteiger partial charge is 0.444 e. The topological polar surface area (TPSA) is 29.5 Å². The standard InChI is InChI=1S/C25H31NO2/c1-17-9-8-12-21(18-10-6-5-7-11-18)23(17)20-15-19-13-14-26(22(19)16-20)24(27)28-25(2,3)4/h5-12,19-20,22H,13-16H2,1-4H3/t19-,20+,22-/m0/s1. The number of amides is 1. The number of aryl methyl sites for hydroxylation is 1. The van der Waals surface area contributed by atoms with Crippen molar-refractivity contribution < 1.29 is 9.53 Å². The number of likely N-dealkylation sites (tertiary alicyclic amines) is 1. The summed E-state index contributed by atoms with van der Waals surface area (Å²) < 4.78 is 5.67. The molecular weight excluding hydrogens is 346 g/mol. The molecule has 148 valence electrons. The van der Waals surface area contributed by atoms with Crippen molar-refractivity contribution in [2.45, 2.75) is 64.5 Å². The molecule has 1 saturated carbocycles. The minimum atomic E-state index is -0.441. The van der Waals surface area contributed by atoms with Gasteiger partial charge in [0.1, 0.15) is 5.60 Å². The van der Waals surface area contributed by atoms with E-state index in [0.29, 0.717) is 17.9 Å². The predicted molar refractivity (Wildman–Crippen MR) is 113 cm³/mol. The zero-order valence-corrected chi connectivity index (χ0v) is 17.4. The van der Waals surface area contributed by atoms with Gasteiger partial charge in [-0.25, -0.2) is 4.79 Å². The smallest absolute Gasteiger partial charge is 0.410 e. The van der Waals surface area contributed by atoms with E-state index in [4.69, 9.17) is 4.74 Å². The molecule has 28 heavy (non-hydrogen) atoms. The third-order valence-corrected chi connectivity index (χ3v) is 6.24. The van der Waals surface area contributed by atoms with Gasteiger partial charge in [-0.1, -0.05) is 48.5 Å². The Kier molecular flexibility index (Phi) is 4.95. The van der Waals surface area contributed by atoms with Gasteiger partial charge in [0.2, 0.25) is 0 Å². The highest BCUT2D eigenvalue weighted by atomic mass is 16.6. The molecule has 0 N–H and O–H groups in total. The van der Waals surface area contributed by atoms with Crippen molar-refractivity contribution in [2.75, 3.05) is 6.54 Å². The highest BCUT2D eigenvalue weighted by Gasteiger charge is 2.46. The molecular formula is C25H31NO2. The van der Waals surface area contributed by atoms with Crippen LogP contribution in [-0.2, 0) is 4.74 Å². The van der Waals surface area contributed by atoms with Crippen molar-refractivity contribution >= 4 is 6.09 Å². The lowest BCUT2D eigenvalue weighted by Gasteiger charge is -2.28. The summed E-state index contributed by atoms with van der Waals surface area (Å²) in [6.07, 6.45) is 3.14. The van der Waals surface area contributed by atoms with E-state index < -0.39 is 5.60 Å². The van der Waals surface area contributed by atoms with Crippen LogP contribution in [0.1, 0.15) is 57.1 Å². The van der Waals surface area contributed by atoms with E-state index in [9.17, 15) is 4.79 Å². The van der Waals surface area contributed by atoms with Crippen LogP contribution in [0, 0.1) is 12.8 Å². The van der Waals surface area contributed by atoms with Crippen LogP contribution in [0.3, 0.4) is 0 Å². The molecule has 2 aliphatic rings. The zero-order chi connectivity index (χ0) is 19.9. The molecule has 0 aromatic heterocycles. The normalized spacial score (nSPS) is 24.3. The second-order valence-corrected chi connectivity index (χ2v) is 9.36. The molecule has 0 unspecified atom stereocenters. The van der Waals surface area contributed by atoms with Gasteiger partial charge in [0, 0.05) is 12.6 Å². The Bertz CT molecular complexity index is 853. The lowest BCUT2D eigenvalue weighted by atomic mass is 9.85. The van der Waals surface area contributed by atoms with Crippen molar-refractivity contribution in [2.24, 2.45) is 5.92 Å². The predicted octanol–water partition coefficient (Wildman–Crippen LogP) is 6.17. The first-order chi connectivity index (χ1) is 13.3. The molecule has 3 heteroatoms. The van der Waals surface area contributed by atoms with Gasteiger partial charge >= 0.3 is 6.09 Å². The minimum absolute atomic E-state index is 0.145. The van der Waals surface area contributed by atoms with E-state index in [-0.39, 0.29) is 6.09 Å². The van der Waals surface area contributed by atoms with Crippen molar-refractivity contribution in [1.82, 2.24) is 4.90 Å². The maximum absolute atomic E-state index is 12.7. The van der Waals surface area contributed by atoms with E-state index in [2.05, 4.69) is 55.5 Å². The lowest BCUT2D eigenvalue weighted by Crippen LogP contribution is -2.40. The van der Waals surface area contributed by atoms with Crippen molar-refractivity contribution in [3.8, 4) is 11.1 Å². The molecule has 0 bridgehead atoms. The Balaban J connectivity index is 1.60. The van der Waals surface area contributed by atoms with Gasteiger partial charge in [-0.3, -0.25) is 0 Å². The fourth-order valence-corrected chi connectivity index (χ4v) is 5.14. The van der Waals surface area contributed by atoms with Gasteiger partial charge in [0.25, 0.3) is 0 Å². The summed E-state index contributed by atoms with van der Waals surface area (Å²) in [6, 6.07) is 17.6. The summed E-state index contributed by atoms with van der Waals surface area (Å²) in [4.78, 5) is 14.7. The fraction of sp³-hybridized carbons (Fsp3) is 0.480. The summed E-state index contributed by atoms with van der Waals surface area (Å²) in [6.45, 7) is 8.87. The van der Waals surface area contributed by atoms with Gasteiger partial charge in [0.05, 0.1) is 0 Å². The molecule has 0 radical (unpaired) electrons. The van der Waals surface area contributed by atoms with Crippen LogP contribution in [0.25, 0.3) is 11.1 Å². The van der Waals surface area contributed by atoms with Gasteiger partial charge in [-0.05, 0) is 81.0 Å². The van der Waals surface area contributed by atoms with Crippen LogP contribution in [0.5, 0.6) is 0 Å². The molecule has 3 atom stereocenters. The average Bonchev–Trinajstić information content (AvgIpc) is 3.21. The summed E-state index contributed by atoms with van der Waals surface area (Å²) >= 11 is 0. The number of carbonyl (C=O) groups is 1. The molecule has 1 heterocycles. The van der Waals surface area contributed by atoms with E-state index in [1.165, 1.54) is 22.3 Å². The monoisotopic (exact) mass is 377 g/mol. The van der Waals surface area contributed by atoms with Gasteiger partial charge in [0.15, 0.2) is 0 Å². The number of hydrogen-bond donors (Lipinski definition) is 0. The highest BCUT2D eigenvalue weighted by Crippen LogP contribution is 2.49. The highest BCUT2D eigenvalue weighted by molar-refractivity contribution is 5.71. The third-order valence-electron chi connectivity index (χ3n) is 6.24. The molecule has 2 aromatic rings. The summed E-state index contributed by atoms with van der Waals surface area (Å²) in [7, 11) is 0. The van der Waals surface area contributed by atoms with Crippen LogP contribution >= 0.6 is 0 Å². The van der Waals surface area contributed by atoms with Crippen LogP contribution < -0.4 is 0 Å². The second kappa shape index (κ2) is 7.27. The second-order valence-electron chi connectivity index (χ2n) is 9.36. The zero-order valence-electron chi connectivity index (χ0n) is 17.4. The molecule has 2 aromatic carbocycles. The van der Waals surface area contributed by atoms with Crippen LogP contribution in [0.2, 0.25) is 0 Å².